The number of hydrogen-bond acceptors (Lipinski definition) is 5. The Balaban J connectivity index is 2.01. The monoisotopic (exact) mass is 374 g/mol. The number of anilines is 3. The maximum absolute atomic E-state index is 7.66. The molecule has 1 aliphatic rings. The van der Waals surface area contributed by atoms with Gasteiger partial charge in [-0.2, -0.15) is 5.10 Å². The fourth-order valence-electron chi connectivity index (χ4n) is 3.33. The van der Waals surface area contributed by atoms with E-state index in [9.17, 15) is 0 Å². The summed E-state index contributed by atoms with van der Waals surface area (Å²) in [5, 5.41) is 15.5. The van der Waals surface area contributed by atoms with Gasteiger partial charge in [0.2, 0.25) is 0 Å². The quantitative estimate of drug-likeness (QED) is 0.544. The molecule has 0 spiro atoms. The van der Waals surface area contributed by atoms with Crippen LogP contribution in [-0.4, -0.2) is 23.0 Å². The first-order valence-electron chi connectivity index (χ1n) is 9.15. The Bertz CT molecular complexity index is 995. The molecule has 0 fully saturated rings. The molecule has 0 atom stereocenters. The standard InChI is InChI=1S/C22H26N6/c1-7-15(3)28-22(16(4)20(8-2)25-28)27-12-11-26(17(27)5)19-9-10-21(24-6)18(13-19)14-23/h7,9-14,23-24H,1,3,5,8H2,2,4,6H3. The van der Waals surface area contributed by atoms with Gasteiger partial charge in [0, 0.05) is 48.2 Å². The number of hydrogen-bond donors (Lipinski definition) is 2. The molecule has 0 radical (unpaired) electrons. The van der Waals surface area contributed by atoms with Crippen molar-refractivity contribution in [1.82, 2.24) is 9.78 Å². The molecule has 6 heteroatoms. The van der Waals surface area contributed by atoms with E-state index in [0.717, 1.165) is 46.3 Å². The predicted molar refractivity (Wildman–Crippen MR) is 119 cm³/mol. The smallest absolute Gasteiger partial charge is 0.145 e. The summed E-state index contributed by atoms with van der Waals surface area (Å²) in [6.45, 7) is 16.3. The Hall–Kier alpha value is -3.54. The Morgan fingerprint density at radius 1 is 1.29 bits per heavy atom. The molecule has 0 amide bonds. The lowest BCUT2D eigenvalue weighted by Gasteiger charge is -2.25. The lowest BCUT2D eigenvalue weighted by Crippen LogP contribution is -2.23. The first kappa shape index (κ1) is 19.2. The second kappa shape index (κ2) is 7.60. The minimum absolute atomic E-state index is 0.710. The van der Waals surface area contributed by atoms with Crippen molar-refractivity contribution in [3.63, 3.8) is 0 Å². The average molecular weight is 374 g/mol. The molecule has 6 nitrogen and oxygen atoms in total. The molecule has 1 aromatic carbocycles. The Morgan fingerprint density at radius 2 is 2.00 bits per heavy atom. The largest absolute Gasteiger partial charge is 0.388 e. The summed E-state index contributed by atoms with van der Waals surface area (Å²) < 4.78 is 1.81. The minimum Gasteiger partial charge on any atom is -0.388 e. The van der Waals surface area contributed by atoms with Gasteiger partial charge in [-0.25, -0.2) is 4.68 Å². The van der Waals surface area contributed by atoms with Gasteiger partial charge in [0.25, 0.3) is 0 Å². The highest BCUT2D eigenvalue weighted by Crippen LogP contribution is 2.36. The van der Waals surface area contributed by atoms with Crippen molar-refractivity contribution in [2.45, 2.75) is 20.3 Å². The Morgan fingerprint density at radius 3 is 2.61 bits per heavy atom. The first-order chi connectivity index (χ1) is 13.5. The van der Waals surface area contributed by atoms with Gasteiger partial charge in [0.15, 0.2) is 0 Å². The van der Waals surface area contributed by atoms with E-state index in [1.165, 1.54) is 6.21 Å². The van der Waals surface area contributed by atoms with Crippen LogP contribution < -0.4 is 15.1 Å². The van der Waals surface area contributed by atoms with Crippen molar-refractivity contribution in [1.29, 1.82) is 5.41 Å². The van der Waals surface area contributed by atoms with Crippen molar-refractivity contribution in [3.05, 3.63) is 79.1 Å². The fourth-order valence-corrected chi connectivity index (χ4v) is 3.33. The summed E-state index contributed by atoms with van der Waals surface area (Å²) in [4.78, 5) is 4.00. The normalized spacial score (nSPS) is 13.2. The van der Waals surface area contributed by atoms with Gasteiger partial charge in [0.1, 0.15) is 11.6 Å². The number of rotatable bonds is 7. The van der Waals surface area contributed by atoms with Gasteiger partial charge in [0.05, 0.1) is 11.4 Å². The number of allylic oxidation sites excluding steroid dienone is 2. The highest BCUT2D eigenvalue weighted by Gasteiger charge is 2.27. The van der Waals surface area contributed by atoms with Crippen LogP contribution in [-0.2, 0) is 6.42 Å². The highest BCUT2D eigenvalue weighted by molar-refractivity contribution is 5.88. The van der Waals surface area contributed by atoms with E-state index < -0.39 is 0 Å². The number of aryl methyl sites for hydroxylation is 1. The molecule has 1 aliphatic heterocycles. The van der Waals surface area contributed by atoms with Gasteiger partial charge in [-0.1, -0.05) is 26.7 Å². The van der Waals surface area contributed by atoms with E-state index in [4.69, 9.17) is 10.5 Å². The molecule has 144 valence electrons. The van der Waals surface area contributed by atoms with Crippen LogP contribution >= 0.6 is 0 Å². The second-order valence-corrected chi connectivity index (χ2v) is 6.48. The lowest BCUT2D eigenvalue weighted by molar-refractivity contribution is 0.855. The van der Waals surface area contributed by atoms with Crippen molar-refractivity contribution in [2.24, 2.45) is 0 Å². The number of aromatic nitrogens is 2. The third-order valence-electron chi connectivity index (χ3n) is 4.92. The zero-order valence-electron chi connectivity index (χ0n) is 16.7. The number of nitrogens with zero attached hydrogens (tertiary/aromatic N) is 4. The summed E-state index contributed by atoms with van der Waals surface area (Å²) in [6, 6.07) is 5.92. The number of benzene rings is 1. The van der Waals surface area contributed by atoms with E-state index in [2.05, 4.69) is 38.9 Å². The van der Waals surface area contributed by atoms with Gasteiger partial charge >= 0.3 is 0 Å². The molecule has 0 bridgehead atoms. The molecule has 0 saturated heterocycles. The van der Waals surface area contributed by atoms with Gasteiger partial charge in [-0.15, -0.1) is 0 Å². The first-order valence-corrected chi connectivity index (χ1v) is 9.15. The van der Waals surface area contributed by atoms with E-state index in [-0.39, 0.29) is 0 Å². The van der Waals surface area contributed by atoms with E-state index in [1.807, 2.05) is 52.1 Å². The molecule has 2 N–H and O–H groups in total. The predicted octanol–water partition coefficient (Wildman–Crippen LogP) is 4.72. The van der Waals surface area contributed by atoms with Crippen molar-refractivity contribution >= 4 is 29.1 Å². The molecular weight excluding hydrogens is 348 g/mol. The third kappa shape index (κ3) is 3.03. The minimum atomic E-state index is 0.710. The van der Waals surface area contributed by atoms with Gasteiger partial charge in [-0.05, 0) is 37.6 Å². The van der Waals surface area contributed by atoms with Crippen LogP contribution in [0.3, 0.4) is 0 Å². The van der Waals surface area contributed by atoms with Crippen LogP contribution in [0.1, 0.15) is 23.7 Å². The van der Waals surface area contributed by atoms with Gasteiger partial charge < -0.3 is 15.6 Å². The number of nitrogens with one attached hydrogen (secondary N) is 2. The summed E-state index contributed by atoms with van der Waals surface area (Å²) >= 11 is 0. The molecule has 2 aromatic rings. The molecule has 0 saturated carbocycles. The molecule has 2 heterocycles. The topological polar surface area (TPSA) is 60.2 Å². The summed E-state index contributed by atoms with van der Waals surface area (Å²) in [7, 11) is 1.85. The Labute approximate surface area is 166 Å². The maximum Gasteiger partial charge on any atom is 0.145 e. The lowest BCUT2D eigenvalue weighted by atomic mass is 10.1. The zero-order valence-corrected chi connectivity index (χ0v) is 16.7. The zero-order chi connectivity index (χ0) is 20.4. The van der Waals surface area contributed by atoms with Crippen molar-refractivity contribution in [2.75, 3.05) is 22.2 Å². The fraction of sp³-hybridized carbons (Fsp3) is 0.182. The van der Waals surface area contributed by atoms with Crippen molar-refractivity contribution < 1.29 is 0 Å². The molecular formula is C22H26N6. The second-order valence-electron chi connectivity index (χ2n) is 6.48. The average Bonchev–Trinajstić information content (AvgIpc) is 3.25. The SMILES string of the molecule is C=CC(=C)n1nc(CC)c(C)c1N1C=CN(c2ccc(NC)c(C=N)c2)C1=C. The molecule has 0 unspecified atom stereocenters. The molecule has 3 rings (SSSR count). The van der Waals surface area contributed by atoms with Crippen LogP contribution in [0.4, 0.5) is 17.2 Å². The van der Waals surface area contributed by atoms with Crippen LogP contribution in [0.15, 0.2) is 62.2 Å². The van der Waals surface area contributed by atoms with Crippen LogP contribution in [0.25, 0.3) is 5.70 Å². The summed E-state index contributed by atoms with van der Waals surface area (Å²) in [5.41, 5.74) is 5.47. The third-order valence-corrected chi connectivity index (χ3v) is 4.92. The summed E-state index contributed by atoms with van der Waals surface area (Å²) in [6.07, 6.45) is 7.80. The van der Waals surface area contributed by atoms with E-state index in [0.29, 0.717) is 5.70 Å². The van der Waals surface area contributed by atoms with E-state index >= 15 is 0 Å². The molecule has 1 aromatic heterocycles. The maximum atomic E-state index is 7.66. The van der Waals surface area contributed by atoms with Gasteiger partial charge in [-0.3, -0.25) is 4.90 Å². The van der Waals surface area contributed by atoms with Crippen LogP contribution in [0.2, 0.25) is 0 Å². The van der Waals surface area contributed by atoms with E-state index in [1.54, 1.807) is 6.08 Å². The highest BCUT2D eigenvalue weighted by atomic mass is 15.4. The van der Waals surface area contributed by atoms with Crippen LogP contribution in [0.5, 0.6) is 0 Å². The molecule has 28 heavy (non-hydrogen) atoms. The van der Waals surface area contributed by atoms with Crippen LogP contribution in [0, 0.1) is 12.3 Å². The Kier molecular flexibility index (Phi) is 5.22. The summed E-state index contributed by atoms with van der Waals surface area (Å²) in [5.74, 6) is 1.68. The van der Waals surface area contributed by atoms with Crippen molar-refractivity contribution in [3.8, 4) is 0 Å². The molecule has 0 aliphatic carbocycles.